The molecular weight excluding hydrogens is 126 g/mol. The molecule has 0 spiro atoms. The summed E-state index contributed by atoms with van der Waals surface area (Å²) in [7, 11) is 0. The summed E-state index contributed by atoms with van der Waals surface area (Å²) in [5, 5.41) is 9.13. The molecule has 0 aromatic rings. The smallest absolute Gasteiger partial charge is 0.113 e. The molecular formula is C8H13NO. The molecule has 0 bridgehead atoms. The molecule has 10 heavy (non-hydrogen) atoms. The second-order valence-electron chi connectivity index (χ2n) is 1.78. The zero-order valence-corrected chi connectivity index (χ0v) is 6.25. The SMILES string of the molecule is C=CC(=NCC)C(O)C=C. The first kappa shape index (κ1) is 9.11. The van der Waals surface area contributed by atoms with Gasteiger partial charge in [0.15, 0.2) is 0 Å². The van der Waals surface area contributed by atoms with Crippen molar-refractivity contribution in [2.75, 3.05) is 6.54 Å². The van der Waals surface area contributed by atoms with Crippen LogP contribution >= 0.6 is 0 Å². The number of aliphatic imine (C=N–C) groups is 1. The van der Waals surface area contributed by atoms with E-state index in [2.05, 4.69) is 18.2 Å². The first-order chi connectivity index (χ1) is 4.76. The predicted octanol–water partition coefficient (Wildman–Crippen LogP) is 1.18. The molecule has 0 heterocycles. The van der Waals surface area contributed by atoms with Crippen molar-refractivity contribution >= 4 is 5.71 Å². The van der Waals surface area contributed by atoms with E-state index in [1.807, 2.05) is 6.92 Å². The van der Waals surface area contributed by atoms with Gasteiger partial charge >= 0.3 is 0 Å². The zero-order chi connectivity index (χ0) is 7.98. The van der Waals surface area contributed by atoms with Crippen LogP contribution in [-0.4, -0.2) is 23.5 Å². The monoisotopic (exact) mass is 139 g/mol. The highest BCUT2D eigenvalue weighted by Gasteiger charge is 2.01. The Bertz CT molecular complexity index is 149. The summed E-state index contributed by atoms with van der Waals surface area (Å²) in [6.45, 7) is 9.50. The van der Waals surface area contributed by atoms with E-state index in [0.717, 1.165) is 0 Å². The summed E-state index contributed by atoms with van der Waals surface area (Å²) in [6.07, 6.45) is 2.30. The van der Waals surface area contributed by atoms with Crippen LogP contribution in [0.15, 0.2) is 30.3 Å². The van der Waals surface area contributed by atoms with Crippen LogP contribution in [0.2, 0.25) is 0 Å². The fraction of sp³-hybridized carbons (Fsp3) is 0.375. The van der Waals surface area contributed by atoms with Gasteiger partial charge in [0.05, 0.1) is 5.71 Å². The van der Waals surface area contributed by atoms with E-state index in [0.29, 0.717) is 12.3 Å². The molecule has 1 atom stereocenters. The van der Waals surface area contributed by atoms with Gasteiger partial charge in [0.2, 0.25) is 0 Å². The Morgan fingerprint density at radius 1 is 1.70 bits per heavy atom. The van der Waals surface area contributed by atoms with Crippen molar-refractivity contribution in [3.63, 3.8) is 0 Å². The lowest BCUT2D eigenvalue weighted by Crippen LogP contribution is -2.14. The molecule has 0 rings (SSSR count). The van der Waals surface area contributed by atoms with E-state index in [9.17, 15) is 0 Å². The van der Waals surface area contributed by atoms with Gasteiger partial charge < -0.3 is 5.11 Å². The van der Waals surface area contributed by atoms with Crippen LogP contribution < -0.4 is 0 Å². The van der Waals surface area contributed by atoms with Crippen molar-refractivity contribution < 1.29 is 5.11 Å². The number of nitrogens with zero attached hydrogens (tertiary/aromatic N) is 1. The maximum Gasteiger partial charge on any atom is 0.113 e. The zero-order valence-electron chi connectivity index (χ0n) is 6.25. The molecule has 0 saturated heterocycles. The minimum Gasteiger partial charge on any atom is -0.383 e. The van der Waals surface area contributed by atoms with Gasteiger partial charge in [0.25, 0.3) is 0 Å². The van der Waals surface area contributed by atoms with Gasteiger partial charge in [0, 0.05) is 6.54 Å². The summed E-state index contributed by atoms with van der Waals surface area (Å²) < 4.78 is 0. The van der Waals surface area contributed by atoms with Crippen molar-refractivity contribution in [3.8, 4) is 0 Å². The van der Waals surface area contributed by atoms with E-state index in [1.54, 1.807) is 0 Å². The molecule has 2 heteroatoms. The van der Waals surface area contributed by atoms with Crippen LogP contribution in [0.25, 0.3) is 0 Å². The average Bonchev–Trinajstić information content (AvgIpc) is 1.99. The largest absolute Gasteiger partial charge is 0.383 e. The molecule has 0 aliphatic carbocycles. The third kappa shape index (κ3) is 2.60. The highest BCUT2D eigenvalue weighted by atomic mass is 16.3. The number of aliphatic hydroxyl groups is 1. The lowest BCUT2D eigenvalue weighted by molar-refractivity contribution is 0.290. The maximum absolute atomic E-state index is 9.13. The molecule has 56 valence electrons. The van der Waals surface area contributed by atoms with Crippen LogP contribution in [0.1, 0.15) is 6.92 Å². The highest BCUT2D eigenvalue weighted by molar-refractivity contribution is 5.99. The van der Waals surface area contributed by atoms with Crippen LogP contribution in [0, 0.1) is 0 Å². The third-order valence-electron chi connectivity index (χ3n) is 1.08. The first-order valence-electron chi connectivity index (χ1n) is 3.23. The molecule has 0 aliphatic rings. The summed E-state index contributed by atoms with van der Waals surface area (Å²) >= 11 is 0. The van der Waals surface area contributed by atoms with Crippen molar-refractivity contribution in [2.24, 2.45) is 4.99 Å². The van der Waals surface area contributed by atoms with Crippen molar-refractivity contribution in [1.82, 2.24) is 0 Å². The van der Waals surface area contributed by atoms with Gasteiger partial charge in [-0.05, 0) is 13.0 Å². The summed E-state index contributed by atoms with van der Waals surface area (Å²) in [5.41, 5.74) is 0.581. The van der Waals surface area contributed by atoms with Crippen LogP contribution in [0.5, 0.6) is 0 Å². The van der Waals surface area contributed by atoms with Gasteiger partial charge in [-0.15, -0.1) is 6.58 Å². The molecule has 2 nitrogen and oxygen atoms in total. The van der Waals surface area contributed by atoms with Crippen molar-refractivity contribution in [1.29, 1.82) is 0 Å². The number of aliphatic hydroxyl groups excluding tert-OH is 1. The molecule has 0 aliphatic heterocycles. The first-order valence-corrected chi connectivity index (χ1v) is 3.23. The van der Waals surface area contributed by atoms with Gasteiger partial charge in [-0.1, -0.05) is 12.7 Å². The lowest BCUT2D eigenvalue weighted by atomic mass is 10.2. The molecule has 0 amide bonds. The number of hydrogen-bond donors (Lipinski definition) is 1. The standard InChI is InChI=1S/C8H13NO/c1-4-7(9-6-3)8(10)5-2/h4-5,8,10H,1-2,6H2,3H3. The summed E-state index contributed by atoms with van der Waals surface area (Å²) in [4.78, 5) is 3.99. The molecule has 0 aromatic carbocycles. The van der Waals surface area contributed by atoms with Crippen molar-refractivity contribution in [2.45, 2.75) is 13.0 Å². The molecule has 0 aromatic heterocycles. The summed E-state index contributed by atoms with van der Waals surface area (Å²) in [6, 6.07) is 0. The second-order valence-corrected chi connectivity index (χ2v) is 1.78. The van der Waals surface area contributed by atoms with E-state index >= 15 is 0 Å². The Hall–Kier alpha value is -0.890. The van der Waals surface area contributed by atoms with E-state index in [-0.39, 0.29) is 0 Å². The quantitative estimate of drug-likeness (QED) is 0.460. The Morgan fingerprint density at radius 2 is 2.30 bits per heavy atom. The maximum atomic E-state index is 9.13. The molecule has 1 N–H and O–H groups in total. The van der Waals surface area contributed by atoms with Gasteiger partial charge in [-0.2, -0.15) is 0 Å². The Kier molecular flexibility index (Phi) is 4.50. The number of rotatable bonds is 4. The fourth-order valence-electron chi connectivity index (χ4n) is 0.582. The minimum absolute atomic E-state index is 0.581. The van der Waals surface area contributed by atoms with Gasteiger partial charge in [-0.25, -0.2) is 0 Å². The predicted molar refractivity (Wildman–Crippen MR) is 44.4 cm³/mol. The Labute approximate surface area is 61.6 Å². The van der Waals surface area contributed by atoms with Crippen LogP contribution in [-0.2, 0) is 0 Å². The van der Waals surface area contributed by atoms with Crippen LogP contribution in [0.3, 0.4) is 0 Å². The highest BCUT2D eigenvalue weighted by Crippen LogP contribution is 1.91. The normalized spacial score (nSPS) is 14.4. The Balaban J connectivity index is 4.18. The van der Waals surface area contributed by atoms with E-state index in [4.69, 9.17) is 5.11 Å². The minimum atomic E-state index is -0.669. The average molecular weight is 139 g/mol. The molecule has 0 fully saturated rings. The van der Waals surface area contributed by atoms with E-state index in [1.165, 1.54) is 12.2 Å². The lowest BCUT2D eigenvalue weighted by Gasteiger charge is -2.03. The van der Waals surface area contributed by atoms with Crippen molar-refractivity contribution in [3.05, 3.63) is 25.3 Å². The number of hydrogen-bond acceptors (Lipinski definition) is 2. The molecule has 0 radical (unpaired) electrons. The molecule has 1 unspecified atom stereocenters. The summed E-state index contributed by atoms with van der Waals surface area (Å²) in [5.74, 6) is 0. The van der Waals surface area contributed by atoms with Gasteiger partial charge in [0.1, 0.15) is 6.10 Å². The third-order valence-corrected chi connectivity index (χ3v) is 1.08. The van der Waals surface area contributed by atoms with Crippen LogP contribution in [0.4, 0.5) is 0 Å². The topological polar surface area (TPSA) is 32.6 Å². The van der Waals surface area contributed by atoms with E-state index < -0.39 is 6.10 Å². The Morgan fingerprint density at radius 3 is 2.60 bits per heavy atom. The molecule has 0 saturated carbocycles. The van der Waals surface area contributed by atoms with Gasteiger partial charge in [-0.3, -0.25) is 4.99 Å². The fourth-order valence-corrected chi connectivity index (χ4v) is 0.582. The second kappa shape index (κ2) is 4.94.